The predicted octanol–water partition coefficient (Wildman–Crippen LogP) is 3.36. The zero-order valence-corrected chi connectivity index (χ0v) is 14.9. The van der Waals surface area contributed by atoms with Crippen molar-refractivity contribution < 1.29 is 22.7 Å². The monoisotopic (exact) mass is 370 g/mol. The van der Waals surface area contributed by atoms with Gasteiger partial charge in [-0.1, -0.05) is 18.2 Å². The number of carbonyl (C=O) groups is 1. The Bertz CT molecular complexity index is 640. The van der Waals surface area contributed by atoms with E-state index in [4.69, 9.17) is 4.74 Å². The molecule has 2 fully saturated rings. The molecule has 1 aromatic rings. The lowest BCUT2D eigenvalue weighted by molar-refractivity contribution is -0.138. The fraction of sp³-hybridized carbons (Fsp3) is 0.632. The summed E-state index contributed by atoms with van der Waals surface area (Å²) in [5.74, 6) is -0.0623. The Kier molecular flexibility index (Phi) is 5.58. The van der Waals surface area contributed by atoms with Crippen molar-refractivity contribution >= 4 is 5.91 Å². The van der Waals surface area contributed by atoms with Crippen LogP contribution in [0.4, 0.5) is 13.2 Å². The standard InChI is InChI=1S/C19H25F3N2O2/c1-14(25)23-12-16-6-7-18(26-16)8-10-24(11-9-18)13-15-4-2-3-5-17(15)19(20,21)22/h2-5,16H,6-13H2,1H3,(H,23,25). The molecule has 0 bridgehead atoms. The van der Waals surface area contributed by atoms with E-state index in [0.29, 0.717) is 18.7 Å². The molecule has 0 radical (unpaired) electrons. The third-order valence-electron chi connectivity index (χ3n) is 5.40. The minimum atomic E-state index is -4.32. The third-order valence-corrected chi connectivity index (χ3v) is 5.40. The van der Waals surface area contributed by atoms with Crippen molar-refractivity contribution in [2.24, 2.45) is 0 Å². The SMILES string of the molecule is CC(=O)NCC1CCC2(CCN(Cc3ccccc3C(F)(F)F)CC2)O1. The topological polar surface area (TPSA) is 41.6 Å². The van der Waals surface area contributed by atoms with Gasteiger partial charge in [0.05, 0.1) is 17.3 Å². The van der Waals surface area contributed by atoms with Gasteiger partial charge in [0.2, 0.25) is 5.91 Å². The molecular weight excluding hydrogens is 345 g/mol. The van der Waals surface area contributed by atoms with E-state index >= 15 is 0 Å². The Morgan fingerprint density at radius 2 is 1.96 bits per heavy atom. The number of nitrogens with zero attached hydrogens (tertiary/aromatic N) is 1. The number of nitrogens with one attached hydrogen (secondary N) is 1. The van der Waals surface area contributed by atoms with Crippen molar-refractivity contribution in [2.75, 3.05) is 19.6 Å². The summed E-state index contributed by atoms with van der Waals surface area (Å²) in [5.41, 5.74) is -0.400. The number of carbonyl (C=O) groups excluding carboxylic acids is 1. The Balaban J connectivity index is 1.55. The zero-order valence-electron chi connectivity index (χ0n) is 14.9. The van der Waals surface area contributed by atoms with Gasteiger partial charge in [-0.15, -0.1) is 0 Å². The fourth-order valence-electron chi connectivity index (χ4n) is 3.96. The van der Waals surface area contributed by atoms with Crippen LogP contribution in [0.15, 0.2) is 24.3 Å². The van der Waals surface area contributed by atoms with Gasteiger partial charge in [-0.2, -0.15) is 13.2 Å². The first-order valence-electron chi connectivity index (χ1n) is 9.07. The van der Waals surface area contributed by atoms with Crippen molar-refractivity contribution in [1.29, 1.82) is 0 Å². The summed E-state index contributed by atoms with van der Waals surface area (Å²) >= 11 is 0. The molecule has 0 saturated carbocycles. The smallest absolute Gasteiger partial charge is 0.370 e. The highest BCUT2D eigenvalue weighted by Crippen LogP contribution is 2.39. The van der Waals surface area contributed by atoms with Crippen molar-refractivity contribution in [1.82, 2.24) is 10.2 Å². The second kappa shape index (κ2) is 7.56. The minimum absolute atomic E-state index is 0.0383. The van der Waals surface area contributed by atoms with Gasteiger partial charge in [0.1, 0.15) is 0 Å². The fourth-order valence-corrected chi connectivity index (χ4v) is 3.96. The van der Waals surface area contributed by atoms with Crippen LogP contribution in [0.3, 0.4) is 0 Å². The van der Waals surface area contributed by atoms with Crippen molar-refractivity contribution in [2.45, 2.75) is 57.0 Å². The van der Waals surface area contributed by atoms with E-state index in [0.717, 1.165) is 44.8 Å². The van der Waals surface area contributed by atoms with Gasteiger partial charge in [-0.25, -0.2) is 0 Å². The number of benzene rings is 1. The van der Waals surface area contributed by atoms with Crippen molar-refractivity contribution in [3.8, 4) is 0 Å². The van der Waals surface area contributed by atoms with Crippen LogP contribution in [0, 0.1) is 0 Å². The average molecular weight is 370 g/mol. The molecule has 1 amide bonds. The Morgan fingerprint density at radius 3 is 2.62 bits per heavy atom. The average Bonchev–Trinajstić information content (AvgIpc) is 2.98. The Hall–Kier alpha value is -1.60. The van der Waals surface area contributed by atoms with Crippen LogP contribution in [0.5, 0.6) is 0 Å². The van der Waals surface area contributed by atoms with Gasteiger partial charge in [0.25, 0.3) is 0 Å². The highest BCUT2D eigenvalue weighted by atomic mass is 19.4. The summed E-state index contributed by atoms with van der Waals surface area (Å²) < 4.78 is 45.6. The number of hydrogen-bond donors (Lipinski definition) is 1. The van der Waals surface area contributed by atoms with Crippen LogP contribution in [-0.2, 0) is 22.3 Å². The van der Waals surface area contributed by atoms with E-state index in [1.807, 2.05) is 0 Å². The van der Waals surface area contributed by atoms with Crippen LogP contribution < -0.4 is 5.32 Å². The lowest BCUT2D eigenvalue weighted by atomic mass is 9.88. The number of halogens is 3. The molecule has 1 N–H and O–H groups in total. The first kappa shape index (κ1) is 19.2. The van der Waals surface area contributed by atoms with Gasteiger partial charge in [0.15, 0.2) is 0 Å². The third kappa shape index (κ3) is 4.57. The molecule has 1 aromatic carbocycles. The zero-order chi connectivity index (χ0) is 18.8. The Labute approximate surface area is 151 Å². The largest absolute Gasteiger partial charge is 0.416 e. The molecule has 0 aromatic heterocycles. The molecule has 2 aliphatic rings. The quantitative estimate of drug-likeness (QED) is 0.884. The van der Waals surface area contributed by atoms with Gasteiger partial charge < -0.3 is 10.1 Å². The van der Waals surface area contributed by atoms with Crippen LogP contribution in [0.2, 0.25) is 0 Å². The molecule has 2 heterocycles. The maximum Gasteiger partial charge on any atom is 0.416 e. The number of alkyl halides is 3. The number of amides is 1. The predicted molar refractivity (Wildman–Crippen MR) is 91.5 cm³/mol. The van der Waals surface area contributed by atoms with E-state index in [2.05, 4.69) is 10.2 Å². The van der Waals surface area contributed by atoms with Crippen LogP contribution >= 0.6 is 0 Å². The maximum absolute atomic E-state index is 13.1. The van der Waals surface area contributed by atoms with Crippen LogP contribution in [0.25, 0.3) is 0 Å². The number of likely N-dealkylation sites (tertiary alicyclic amines) is 1. The molecular formula is C19H25F3N2O2. The van der Waals surface area contributed by atoms with Crippen LogP contribution in [-0.4, -0.2) is 42.1 Å². The van der Waals surface area contributed by atoms with E-state index in [9.17, 15) is 18.0 Å². The number of hydrogen-bond acceptors (Lipinski definition) is 3. The second-order valence-corrected chi connectivity index (χ2v) is 7.33. The maximum atomic E-state index is 13.1. The molecule has 4 nitrogen and oxygen atoms in total. The molecule has 144 valence electrons. The first-order valence-corrected chi connectivity index (χ1v) is 9.07. The summed E-state index contributed by atoms with van der Waals surface area (Å²) in [7, 11) is 0. The summed E-state index contributed by atoms with van der Waals surface area (Å²) in [6.07, 6.45) is -0.785. The van der Waals surface area contributed by atoms with Gasteiger partial charge >= 0.3 is 6.18 Å². The van der Waals surface area contributed by atoms with Crippen LogP contribution in [0.1, 0.15) is 43.7 Å². The summed E-state index contributed by atoms with van der Waals surface area (Å²) in [6, 6.07) is 5.79. The highest BCUT2D eigenvalue weighted by Gasteiger charge is 2.42. The van der Waals surface area contributed by atoms with E-state index in [1.165, 1.54) is 13.0 Å². The van der Waals surface area contributed by atoms with Crippen molar-refractivity contribution in [3.05, 3.63) is 35.4 Å². The molecule has 2 saturated heterocycles. The molecule has 3 rings (SSSR count). The van der Waals surface area contributed by atoms with Crippen molar-refractivity contribution in [3.63, 3.8) is 0 Å². The van der Waals surface area contributed by atoms with Gasteiger partial charge in [0, 0.05) is 33.1 Å². The summed E-state index contributed by atoms with van der Waals surface area (Å²) in [4.78, 5) is 13.1. The number of ether oxygens (including phenoxy) is 1. The Morgan fingerprint density at radius 1 is 1.27 bits per heavy atom. The van der Waals surface area contributed by atoms with Gasteiger partial charge in [-0.3, -0.25) is 9.69 Å². The molecule has 1 unspecified atom stereocenters. The van der Waals surface area contributed by atoms with Gasteiger partial charge in [-0.05, 0) is 37.3 Å². The molecule has 0 aliphatic carbocycles. The highest BCUT2D eigenvalue weighted by molar-refractivity contribution is 5.72. The molecule has 1 atom stereocenters. The normalized spacial score (nSPS) is 23.3. The molecule has 2 aliphatic heterocycles. The lowest BCUT2D eigenvalue weighted by Crippen LogP contribution is -2.45. The second-order valence-electron chi connectivity index (χ2n) is 7.33. The van der Waals surface area contributed by atoms with E-state index in [1.54, 1.807) is 12.1 Å². The lowest BCUT2D eigenvalue weighted by Gasteiger charge is -2.39. The molecule has 7 heteroatoms. The summed E-state index contributed by atoms with van der Waals surface area (Å²) in [5, 5.41) is 2.79. The minimum Gasteiger partial charge on any atom is -0.370 e. The molecule has 26 heavy (non-hydrogen) atoms. The molecule has 1 spiro atoms. The van der Waals surface area contributed by atoms with E-state index in [-0.39, 0.29) is 17.6 Å². The number of rotatable bonds is 4. The first-order chi connectivity index (χ1) is 12.3. The van der Waals surface area contributed by atoms with E-state index < -0.39 is 11.7 Å². The summed E-state index contributed by atoms with van der Waals surface area (Å²) in [6.45, 7) is 3.76. The number of piperidine rings is 1.